The lowest BCUT2D eigenvalue weighted by Gasteiger charge is -2.02. The van der Waals surface area contributed by atoms with Gasteiger partial charge in [0, 0.05) is 4.70 Å². The smallest absolute Gasteiger partial charge is 0.261 e. The van der Waals surface area contributed by atoms with Crippen LogP contribution in [0.3, 0.4) is 0 Å². The van der Waals surface area contributed by atoms with Gasteiger partial charge in [-0.25, -0.2) is 4.68 Å². The van der Waals surface area contributed by atoms with Gasteiger partial charge in [0.05, 0.1) is 28.3 Å². The Kier molecular flexibility index (Phi) is 4.21. The molecule has 2 aromatic carbocycles. The van der Waals surface area contributed by atoms with Crippen molar-refractivity contribution in [3.63, 3.8) is 0 Å². The van der Waals surface area contributed by atoms with E-state index >= 15 is 0 Å². The van der Waals surface area contributed by atoms with Crippen molar-refractivity contribution in [1.29, 1.82) is 0 Å². The van der Waals surface area contributed by atoms with Crippen LogP contribution in [0.4, 0.5) is 0 Å². The van der Waals surface area contributed by atoms with E-state index < -0.39 is 0 Å². The van der Waals surface area contributed by atoms with Crippen LogP contribution < -0.4 is 5.32 Å². The summed E-state index contributed by atoms with van der Waals surface area (Å²) in [5.41, 5.74) is 1.41. The van der Waals surface area contributed by atoms with E-state index in [0.29, 0.717) is 22.1 Å². The zero-order valence-corrected chi connectivity index (χ0v) is 14.6. The first-order valence-electron chi connectivity index (χ1n) is 7.63. The molecule has 0 aliphatic carbocycles. The quantitative estimate of drug-likeness (QED) is 0.590. The minimum absolute atomic E-state index is 0.117. The number of carbonyl (C=O) groups is 1. The van der Waals surface area contributed by atoms with Crippen LogP contribution in [0.2, 0.25) is 5.02 Å². The number of nitrogens with zero attached hydrogens (tertiary/aromatic N) is 3. The van der Waals surface area contributed by atoms with Gasteiger partial charge in [0.15, 0.2) is 0 Å². The summed E-state index contributed by atoms with van der Waals surface area (Å²) in [4.78, 5) is 13.0. The Morgan fingerprint density at radius 1 is 1.16 bits per heavy atom. The molecule has 1 N–H and O–H groups in total. The number of halogens is 1. The minimum atomic E-state index is -0.117. The molecular weight excluding hydrogens is 356 g/mol. The Bertz CT molecular complexity index is 1020. The van der Waals surface area contributed by atoms with Crippen molar-refractivity contribution in [2.45, 2.75) is 6.54 Å². The molecule has 0 saturated carbocycles. The second-order valence-corrected chi connectivity index (χ2v) is 6.93. The number of fused-ring (bicyclic) bond motifs is 1. The maximum atomic E-state index is 12.3. The first-order chi connectivity index (χ1) is 12.2. The van der Waals surface area contributed by atoms with Crippen LogP contribution in [0, 0.1) is 0 Å². The van der Waals surface area contributed by atoms with Gasteiger partial charge in [0.1, 0.15) is 5.69 Å². The van der Waals surface area contributed by atoms with Crippen molar-refractivity contribution in [1.82, 2.24) is 20.3 Å². The van der Waals surface area contributed by atoms with E-state index in [2.05, 4.69) is 15.6 Å². The average molecular weight is 369 g/mol. The molecule has 4 rings (SSSR count). The summed E-state index contributed by atoms with van der Waals surface area (Å²) >= 11 is 7.63. The number of benzene rings is 2. The number of rotatable bonds is 4. The van der Waals surface area contributed by atoms with Crippen molar-refractivity contribution < 1.29 is 4.79 Å². The normalized spacial score (nSPS) is 10.9. The highest BCUT2D eigenvalue weighted by molar-refractivity contribution is 7.20. The first-order valence-corrected chi connectivity index (χ1v) is 8.83. The lowest BCUT2D eigenvalue weighted by Crippen LogP contribution is -2.21. The summed E-state index contributed by atoms with van der Waals surface area (Å²) in [5.74, 6) is -0.117. The first kappa shape index (κ1) is 15.8. The number of nitrogens with one attached hydrogen (secondary N) is 1. The number of para-hydroxylation sites is 1. The van der Waals surface area contributed by atoms with Crippen LogP contribution in [-0.2, 0) is 6.54 Å². The molecule has 0 aliphatic heterocycles. The van der Waals surface area contributed by atoms with Crippen molar-refractivity contribution in [3.05, 3.63) is 76.4 Å². The predicted molar refractivity (Wildman–Crippen MR) is 99.4 cm³/mol. The molecule has 124 valence electrons. The molecule has 1 amide bonds. The van der Waals surface area contributed by atoms with Crippen LogP contribution in [-0.4, -0.2) is 20.9 Å². The summed E-state index contributed by atoms with van der Waals surface area (Å²) < 4.78 is 2.70. The van der Waals surface area contributed by atoms with Gasteiger partial charge in [0.25, 0.3) is 5.91 Å². The van der Waals surface area contributed by atoms with Crippen molar-refractivity contribution in [2.75, 3.05) is 0 Å². The summed E-state index contributed by atoms with van der Waals surface area (Å²) in [7, 11) is 0. The molecule has 2 heterocycles. The van der Waals surface area contributed by atoms with Gasteiger partial charge in [-0.15, -0.1) is 16.4 Å². The topological polar surface area (TPSA) is 59.8 Å². The Hall–Kier alpha value is -2.70. The van der Waals surface area contributed by atoms with Crippen molar-refractivity contribution in [2.24, 2.45) is 0 Å². The third kappa shape index (κ3) is 3.26. The molecule has 0 fully saturated rings. The largest absolute Gasteiger partial charge is 0.346 e. The van der Waals surface area contributed by atoms with E-state index in [1.165, 1.54) is 11.3 Å². The van der Waals surface area contributed by atoms with E-state index in [1.54, 1.807) is 16.9 Å². The van der Waals surface area contributed by atoms with E-state index in [-0.39, 0.29) is 5.91 Å². The van der Waals surface area contributed by atoms with E-state index in [1.807, 2.05) is 48.5 Å². The number of hydrogen-bond acceptors (Lipinski definition) is 4. The van der Waals surface area contributed by atoms with Crippen LogP contribution in [0.15, 0.2) is 60.8 Å². The number of hydrogen-bond donors (Lipinski definition) is 1. The Labute approximate surface area is 152 Å². The summed E-state index contributed by atoms with van der Waals surface area (Å²) in [6.07, 6.45) is 1.76. The van der Waals surface area contributed by atoms with Gasteiger partial charge in [-0.1, -0.05) is 47.1 Å². The fourth-order valence-corrected chi connectivity index (χ4v) is 3.69. The molecule has 25 heavy (non-hydrogen) atoms. The zero-order chi connectivity index (χ0) is 17.2. The fourth-order valence-electron chi connectivity index (χ4n) is 2.49. The highest BCUT2D eigenvalue weighted by Gasteiger charge is 2.11. The van der Waals surface area contributed by atoms with Crippen LogP contribution in [0.5, 0.6) is 0 Å². The van der Waals surface area contributed by atoms with Crippen molar-refractivity contribution >= 4 is 38.9 Å². The fraction of sp³-hybridized carbons (Fsp3) is 0.0556. The van der Waals surface area contributed by atoms with E-state index in [0.717, 1.165) is 15.8 Å². The maximum absolute atomic E-state index is 12.3. The van der Waals surface area contributed by atoms with Gasteiger partial charge < -0.3 is 5.32 Å². The molecule has 5 nitrogen and oxygen atoms in total. The lowest BCUT2D eigenvalue weighted by molar-refractivity contribution is 0.0954. The maximum Gasteiger partial charge on any atom is 0.261 e. The third-order valence-electron chi connectivity index (χ3n) is 3.72. The highest BCUT2D eigenvalue weighted by atomic mass is 35.5. The predicted octanol–water partition coefficient (Wildman–Crippen LogP) is 4.07. The van der Waals surface area contributed by atoms with Gasteiger partial charge in [-0.2, -0.15) is 0 Å². The molecule has 0 aliphatic rings. The number of carbonyl (C=O) groups excluding carboxylic acids is 1. The van der Waals surface area contributed by atoms with E-state index in [9.17, 15) is 4.79 Å². The SMILES string of the molecule is O=C(NCc1cn(-c2ccccc2Cl)nn1)c1cc2ccccc2s1. The Balaban J connectivity index is 1.46. The molecule has 2 aromatic heterocycles. The second kappa shape index (κ2) is 6.66. The standard InChI is InChI=1S/C18H13ClN4OS/c19-14-6-2-3-7-15(14)23-11-13(21-22-23)10-20-18(24)17-9-12-5-1-4-8-16(12)25-17/h1-9,11H,10H2,(H,20,24). The summed E-state index contributed by atoms with van der Waals surface area (Å²) in [6.45, 7) is 0.303. The van der Waals surface area contributed by atoms with Crippen molar-refractivity contribution in [3.8, 4) is 5.69 Å². The van der Waals surface area contributed by atoms with Gasteiger partial charge >= 0.3 is 0 Å². The summed E-state index contributed by atoms with van der Waals surface area (Å²) in [6, 6.07) is 17.2. The highest BCUT2D eigenvalue weighted by Crippen LogP contribution is 2.25. The zero-order valence-electron chi connectivity index (χ0n) is 13.0. The molecule has 0 spiro atoms. The molecule has 0 unspecified atom stereocenters. The number of thiophene rings is 1. The molecular formula is C18H13ClN4OS. The second-order valence-electron chi connectivity index (χ2n) is 5.44. The molecule has 7 heteroatoms. The van der Waals surface area contributed by atoms with E-state index in [4.69, 9.17) is 11.6 Å². The number of aromatic nitrogens is 3. The molecule has 4 aromatic rings. The minimum Gasteiger partial charge on any atom is -0.346 e. The van der Waals surface area contributed by atoms with Crippen LogP contribution in [0.1, 0.15) is 15.4 Å². The molecule has 0 saturated heterocycles. The van der Waals surface area contributed by atoms with Gasteiger partial charge in [-0.05, 0) is 29.7 Å². The molecule has 0 radical (unpaired) electrons. The Morgan fingerprint density at radius 3 is 2.80 bits per heavy atom. The molecule has 0 bridgehead atoms. The molecule has 0 atom stereocenters. The average Bonchev–Trinajstić information content (AvgIpc) is 3.27. The van der Waals surface area contributed by atoms with Crippen LogP contribution >= 0.6 is 22.9 Å². The lowest BCUT2D eigenvalue weighted by atomic mass is 10.2. The Morgan fingerprint density at radius 2 is 1.96 bits per heavy atom. The third-order valence-corrected chi connectivity index (χ3v) is 5.15. The van der Waals surface area contributed by atoms with Gasteiger partial charge in [0.2, 0.25) is 0 Å². The van der Waals surface area contributed by atoms with Crippen LogP contribution in [0.25, 0.3) is 15.8 Å². The monoisotopic (exact) mass is 368 g/mol. The number of amides is 1. The summed E-state index contributed by atoms with van der Waals surface area (Å²) in [5, 5.41) is 12.7. The van der Waals surface area contributed by atoms with Gasteiger partial charge in [-0.3, -0.25) is 4.79 Å².